The zero-order valence-electron chi connectivity index (χ0n) is 27.8. The first-order valence-corrected chi connectivity index (χ1v) is 17.9. The molecule has 0 bridgehead atoms. The third kappa shape index (κ3) is 4.75. The van der Waals surface area contributed by atoms with E-state index in [-0.39, 0.29) is 0 Å². The van der Waals surface area contributed by atoms with Crippen LogP contribution in [0.3, 0.4) is 0 Å². The lowest BCUT2D eigenvalue weighted by Gasteiger charge is -2.41. The number of benzene rings is 6. The minimum atomic E-state index is 0.506. The summed E-state index contributed by atoms with van der Waals surface area (Å²) in [6, 6.07) is 39.2. The van der Waals surface area contributed by atoms with Crippen LogP contribution in [0, 0.1) is 17.8 Å². The molecular formula is C50H36. The van der Waals surface area contributed by atoms with Crippen molar-refractivity contribution in [3.63, 3.8) is 0 Å². The maximum atomic E-state index is 2.37. The monoisotopic (exact) mass is 636 g/mol. The first-order valence-electron chi connectivity index (χ1n) is 17.9. The SMILES string of the molecule is C1=CC2=CC=C3c4ccccc4C=C4C=CC(=C1)C2C43.C1=CCC2C=Cc3ccccc3C2=C1.c1cc2ccc3cccc4ccc(c1)c2c34. The van der Waals surface area contributed by atoms with Gasteiger partial charge in [0.25, 0.3) is 0 Å². The van der Waals surface area contributed by atoms with Gasteiger partial charge in [-0.25, -0.2) is 0 Å². The van der Waals surface area contributed by atoms with E-state index in [2.05, 4.69) is 188 Å². The summed E-state index contributed by atoms with van der Waals surface area (Å²) in [4.78, 5) is 0. The molecule has 0 aliphatic heterocycles. The standard InChI is InChI=1S/C20H14.C16H10.C14H12/c1-2-7-17-15(4-1)12-16-9-8-13-5-3-6-14-10-11-18(17)20(16)19(13)14;1-3-11-7-9-13-5-2-6-14-10-8-12(4-1)15(11)16(13)14;1-3-7-13-11(5-1)9-10-12-6-2-4-8-14(12)13/h1-12,19-20H;1-10H;1-5,7-10,12H,6H2. The lowest BCUT2D eigenvalue weighted by Crippen LogP contribution is -2.28. The van der Waals surface area contributed by atoms with Crippen molar-refractivity contribution < 1.29 is 0 Å². The fraction of sp³-hybridized carbons (Fsp3) is 0.0800. The summed E-state index contributed by atoms with van der Waals surface area (Å²) in [5, 5.41) is 8.14. The first-order chi connectivity index (χ1) is 24.8. The molecule has 236 valence electrons. The van der Waals surface area contributed by atoms with Crippen molar-refractivity contribution in [1.82, 2.24) is 0 Å². The molecule has 6 aliphatic carbocycles. The number of fused-ring (bicyclic) bond motifs is 5. The Hall–Kier alpha value is -5.98. The molecule has 12 rings (SSSR count). The van der Waals surface area contributed by atoms with Crippen LogP contribution in [0.2, 0.25) is 0 Å². The highest BCUT2D eigenvalue weighted by Gasteiger charge is 2.39. The first kappa shape index (κ1) is 29.0. The molecule has 0 N–H and O–H groups in total. The van der Waals surface area contributed by atoms with Gasteiger partial charge in [-0.1, -0.05) is 188 Å². The average Bonchev–Trinajstić information content (AvgIpc) is 3.19. The van der Waals surface area contributed by atoms with Gasteiger partial charge in [0.1, 0.15) is 0 Å². The maximum absolute atomic E-state index is 2.37. The summed E-state index contributed by atoms with van der Waals surface area (Å²) in [5.41, 5.74) is 12.8. The van der Waals surface area contributed by atoms with Crippen LogP contribution in [0.5, 0.6) is 0 Å². The van der Waals surface area contributed by atoms with Gasteiger partial charge in [-0.05, 0) is 88.9 Å². The number of hydrogen-bond acceptors (Lipinski definition) is 0. The minimum absolute atomic E-state index is 0.506. The van der Waals surface area contributed by atoms with E-state index in [0.717, 1.165) is 6.42 Å². The van der Waals surface area contributed by atoms with Crippen molar-refractivity contribution >= 4 is 55.6 Å². The Kier molecular flexibility index (Phi) is 6.88. The summed E-state index contributed by atoms with van der Waals surface area (Å²) < 4.78 is 0. The van der Waals surface area contributed by atoms with Crippen LogP contribution in [0.15, 0.2) is 193 Å². The molecule has 0 saturated carbocycles. The second-order valence-corrected chi connectivity index (χ2v) is 14.0. The predicted molar refractivity (Wildman–Crippen MR) is 215 cm³/mol. The van der Waals surface area contributed by atoms with Gasteiger partial charge in [0.2, 0.25) is 0 Å². The van der Waals surface area contributed by atoms with E-state index >= 15 is 0 Å². The van der Waals surface area contributed by atoms with Gasteiger partial charge in [0.05, 0.1) is 0 Å². The zero-order chi connectivity index (χ0) is 33.0. The Morgan fingerprint density at radius 3 is 1.76 bits per heavy atom. The van der Waals surface area contributed by atoms with Gasteiger partial charge in [-0.15, -0.1) is 0 Å². The van der Waals surface area contributed by atoms with E-state index in [1.807, 2.05) is 0 Å². The minimum Gasteiger partial charge on any atom is -0.0836 e. The third-order valence-electron chi connectivity index (χ3n) is 11.2. The summed E-state index contributed by atoms with van der Waals surface area (Å²) in [5.74, 6) is 1.63. The Morgan fingerprint density at radius 2 is 1.04 bits per heavy atom. The van der Waals surface area contributed by atoms with Gasteiger partial charge in [0.15, 0.2) is 0 Å². The number of rotatable bonds is 0. The largest absolute Gasteiger partial charge is 0.0836 e. The van der Waals surface area contributed by atoms with E-state index in [1.165, 1.54) is 82.4 Å². The van der Waals surface area contributed by atoms with E-state index in [4.69, 9.17) is 0 Å². The highest BCUT2D eigenvalue weighted by molar-refractivity contribution is 6.22. The van der Waals surface area contributed by atoms with Gasteiger partial charge < -0.3 is 0 Å². The van der Waals surface area contributed by atoms with Crippen LogP contribution in [0.4, 0.5) is 0 Å². The molecule has 0 nitrogen and oxygen atoms in total. The van der Waals surface area contributed by atoms with Gasteiger partial charge >= 0.3 is 0 Å². The van der Waals surface area contributed by atoms with Gasteiger partial charge in [0, 0.05) is 17.8 Å². The average molecular weight is 637 g/mol. The van der Waals surface area contributed by atoms with Crippen molar-refractivity contribution in [2.75, 3.05) is 0 Å². The smallest absolute Gasteiger partial charge is 0.0205 e. The zero-order valence-corrected chi connectivity index (χ0v) is 27.8. The van der Waals surface area contributed by atoms with Crippen LogP contribution in [-0.4, -0.2) is 0 Å². The summed E-state index contributed by atoms with van der Waals surface area (Å²) in [7, 11) is 0. The third-order valence-corrected chi connectivity index (χ3v) is 11.2. The lowest BCUT2D eigenvalue weighted by atomic mass is 9.62. The molecule has 0 saturated heterocycles. The molecule has 0 fully saturated rings. The number of allylic oxidation sites excluding steroid dienone is 16. The Labute approximate surface area is 293 Å². The molecular weight excluding hydrogens is 601 g/mol. The van der Waals surface area contributed by atoms with Crippen LogP contribution >= 0.6 is 0 Å². The fourth-order valence-electron chi connectivity index (χ4n) is 8.89. The van der Waals surface area contributed by atoms with E-state index in [9.17, 15) is 0 Å². The second kappa shape index (κ2) is 11.9. The second-order valence-electron chi connectivity index (χ2n) is 14.0. The van der Waals surface area contributed by atoms with Crippen molar-refractivity contribution in [3.8, 4) is 0 Å². The summed E-state index contributed by atoms with van der Waals surface area (Å²) in [6.45, 7) is 0. The van der Waals surface area contributed by atoms with Crippen LogP contribution in [-0.2, 0) is 0 Å². The molecule has 0 spiro atoms. The van der Waals surface area contributed by atoms with E-state index in [1.54, 1.807) is 0 Å². The van der Waals surface area contributed by atoms with Gasteiger partial charge in [-0.3, -0.25) is 0 Å². The van der Waals surface area contributed by atoms with Crippen molar-refractivity contribution in [1.29, 1.82) is 0 Å². The Bertz CT molecular complexity index is 2490. The molecule has 6 aromatic rings. The fourth-order valence-corrected chi connectivity index (χ4v) is 8.89. The molecule has 0 radical (unpaired) electrons. The van der Waals surface area contributed by atoms with Crippen molar-refractivity contribution in [2.45, 2.75) is 6.42 Å². The topological polar surface area (TPSA) is 0 Å². The molecule has 50 heavy (non-hydrogen) atoms. The molecule has 0 aromatic heterocycles. The molecule has 0 heteroatoms. The molecule has 3 atom stereocenters. The normalized spacial score (nSPS) is 21.2. The van der Waals surface area contributed by atoms with Crippen molar-refractivity contribution in [2.24, 2.45) is 17.8 Å². The van der Waals surface area contributed by atoms with Gasteiger partial charge in [-0.2, -0.15) is 0 Å². The summed E-state index contributed by atoms with van der Waals surface area (Å²) in [6.07, 6.45) is 30.7. The highest BCUT2D eigenvalue weighted by Crippen LogP contribution is 2.52. The predicted octanol–water partition coefficient (Wildman–Crippen LogP) is 13.0. The van der Waals surface area contributed by atoms with Crippen LogP contribution < -0.4 is 0 Å². The molecule has 6 aliphatic rings. The number of hydrogen-bond donors (Lipinski definition) is 0. The molecule has 0 amide bonds. The maximum Gasteiger partial charge on any atom is 0.0205 e. The molecule has 3 unspecified atom stereocenters. The lowest BCUT2D eigenvalue weighted by molar-refractivity contribution is 0.602. The van der Waals surface area contributed by atoms with Crippen LogP contribution in [0.25, 0.3) is 55.6 Å². The molecule has 0 heterocycles. The van der Waals surface area contributed by atoms with Crippen LogP contribution in [0.1, 0.15) is 28.7 Å². The van der Waals surface area contributed by atoms with Crippen molar-refractivity contribution in [3.05, 3.63) is 215 Å². The van der Waals surface area contributed by atoms with E-state index in [0.29, 0.717) is 17.8 Å². The molecule has 6 aromatic carbocycles. The summed E-state index contributed by atoms with van der Waals surface area (Å²) >= 11 is 0. The van der Waals surface area contributed by atoms with E-state index < -0.39 is 0 Å². The quantitative estimate of drug-likeness (QED) is 0.146. The Morgan fingerprint density at radius 1 is 0.420 bits per heavy atom. The Balaban J connectivity index is 0.0000000967. The highest BCUT2D eigenvalue weighted by atomic mass is 14.4.